The maximum absolute atomic E-state index is 12.5. The van der Waals surface area contributed by atoms with Crippen molar-refractivity contribution in [3.05, 3.63) is 11.6 Å². The number of nitrogens with one attached hydrogen (secondary N) is 1. The minimum atomic E-state index is -0.000683. The largest absolute Gasteiger partial charge is 0.336 e. The van der Waals surface area contributed by atoms with Crippen molar-refractivity contribution in [2.75, 3.05) is 13.1 Å². The standard InChI is InChI=1S/C16H26N4O/c1-2-6-13-17-14(19-18-13)15(21)20-11-9-16(10-12-20)7-4-3-5-8-16/h2-12H2,1H3,(H,17,18,19). The molecule has 1 saturated heterocycles. The van der Waals surface area contributed by atoms with E-state index in [0.717, 1.165) is 44.6 Å². The fourth-order valence-electron chi connectivity index (χ4n) is 3.87. The van der Waals surface area contributed by atoms with E-state index >= 15 is 0 Å². The minimum absolute atomic E-state index is 0.000683. The number of likely N-dealkylation sites (tertiary alicyclic amines) is 1. The number of carbonyl (C=O) groups excluding carboxylic acids is 1. The van der Waals surface area contributed by atoms with E-state index in [2.05, 4.69) is 22.1 Å². The SMILES string of the molecule is CCCc1nc(C(=O)N2CCC3(CCCCC3)CC2)n[nH]1. The monoisotopic (exact) mass is 290 g/mol. The minimum Gasteiger partial charge on any atom is -0.336 e. The molecule has 2 aliphatic rings. The third kappa shape index (κ3) is 3.11. The molecule has 0 unspecified atom stereocenters. The Morgan fingerprint density at radius 3 is 2.57 bits per heavy atom. The second kappa shape index (κ2) is 6.16. The first-order valence-electron chi connectivity index (χ1n) is 8.43. The Labute approximate surface area is 126 Å². The summed E-state index contributed by atoms with van der Waals surface area (Å²) < 4.78 is 0. The van der Waals surface area contributed by atoms with Crippen LogP contribution in [0.2, 0.25) is 0 Å². The van der Waals surface area contributed by atoms with Crippen molar-refractivity contribution >= 4 is 5.91 Å². The van der Waals surface area contributed by atoms with Crippen LogP contribution in [0, 0.1) is 5.41 Å². The quantitative estimate of drug-likeness (QED) is 0.931. The highest BCUT2D eigenvalue weighted by atomic mass is 16.2. The van der Waals surface area contributed by atoms with Crippen LogP contribution in [0.3, 0.4) is 0 Å². The summed E-state index contributed by atoms with van der Waals surface area (Å²) in [4.78, 5) is 18.7. The summed E-state index contributed by atoms with van der Waals surface area (Å²) in [6, 6.07) is 0. The van der Waals surface area contributed by atoms with Crippen molar-refractivity contribution < 1.29 is 4.79 Å². The van der Waals surface area contributed by atoms with Gasteiger partial charge in [0.2, 0.25) is 5.82 Å². The number of nitrogens with zero attached hydrogens (tertiary/aromatic N) is 3. The Kier molecular flexibility index (Phi) is 4.27. The maximum Gasteiger partial charge on any atom is 0.293 e. The Bertz CT molecular complexity index is 480. The van der Waals surface area contributed by atoms with Gasteiger partial charge >= 0.3 is 0 Å². The van der Waals surface area contributed by atoms with E-state index in [4.69, 9.17) is 0 Å². The molecule has 0 radical (unpaired) electrons. The molecule has 1 saturated carbocycles. The molecule has 1 N–H and O–H groups in total. The van der Waals surface area contributed by atoms with E-state index in [-0.39, 0.29) is 5.91 Å². The number of aromatic amines is 1. The van der Waals surface area contributed by atoms with E-state index in [1.54, 1.807) is 0 Å². The number of carbonyl (C=O) groups is 1. The van der Waals surface area contributed by atoms with E-state index in [1.807, 2.05) is 4.90 Å². The normalized spacial score (nSPS) is 21.7. The molecule has 0 aromatic carbocycles. The van der Waals surface area contributed by atoms with Crippen LogP contribution in [0.4, 0.5) is 0 Å². The summed E-state index contributed by atoms with van der Waals surface area (Å²) >= 11 is 0. The van der Waals surface area contributed by atoms with Gasteiger partial charge < -0.3 is 4.90 Å². The first-order valence-corrected chi connectivity index (χ1v) is 8.43. The average molecular weight is 290 g/mol. The van der Waals surface area contributed by atoms with Crippen LogP contribution < -0.4 is 0 Å². The van der Waals surface area contributed by atoms with Gasteiger partial charge in [-0.2, -0.15) is 0 Å². The number of hydrogen-bond acceptors (Lipinski definition) is 3. The molecule has 116 valence electrons. The van der Waals surface area contributed by atoms with E-state index in [1.165, 1.54) is 32.1 Å². The second-order valence-electron chi connectivity index (χ2n) is 6.71. The smallest absolute Gasteiger partial charge is 0.293 e. The molecule has 1 amide bonds. The van der Waals surface area contributed by atoms with Gasteiger partial charge in [-0.1, -0.05) is 26.2 Å². The average Bonchev–Trinajstić information content (AvgIpc) is 2.97. The lowest BCUT2D eigenvalue weighted by Gasteiger charge is -2.44. The lowest BCUT2D eigenvalue weighted by molar-refractivity contribution is 0.0462. The van der Waals surface area contributed by atoms with Crippen molar-refractivity contribution in [1.82, 2.24) is 20.1 Å². The summed E-state index contributed by atoms with van der Waals surface area (Å²) in [5.74, 6) is 1.17. The predicted molar refractivity (Wildman–Crippen MR) is 81.0 cm³/mol. The molecule has 0 bridgehead atoms. The zero-order valence-corrected chi connectivity index (χ0v) is 13.0. The summed E-state index contributed by atoms with van der Waals surface area (Å²) in [5.41, 5.74) is 0.529. The van der Waals surface area contributed by atoms with E-state index in [9.17, 15) is 4.79 Å². The fraction of sp³-hybridized carbons (Fsp3) is 0.812. The summed E-state index contributed by atoms with van der Waals surface area (Å²) in [5, 5.41) is 6.96. The topological polar surface area (TPSA) is 61.9 Å². The third-order valence-electron chi connectivity index (χ3n) is 5.24. The van der Waals surface area contributed by atoms with Crippen LogP contribution >= 0.6 is 0 Å². The molecule has 1 spiro atoms. The summed E-state index contributed by atoms with van der Waals surface area (Å²) in [7, 11) is 0. The number of H-pyrrole nitrogens is 1. The van der Waals surface area contributed by atoms with Crippen molar-refractivity contribution in [2.24, 2.45) is 5.41 Å². The third-order valence-corrected chi connectivity index (χ3v) is 5.24. The Hall–Kier alpha value is -1.39. The van der Waals surface area contributed by atoms with Crippen molar-refractivity contribution in [2.45, 2.75) is 64.7 Å². The molecule has 1 aliphatic heterocycles. The number of aryl methyl sites for hydroxylation is 1. The molecule has 21 heavy (non-hydrogen) atoms. The molecule has 3 rings (SSSR count). The molecular weight excluding hydrogens is 264 g/mol. The zero-order chi connectivity index (χ0) is 14.7. The van der Waals surface area contributed by atoms with Crippen LogP contribution in [-0.4, -0.2) is 39.1 Å². The maximum atomic E-state index is 12.5. The molecule has 2 heterocycles. The Morgan fingerprint density at radius 1 is 1.19 bits per heavy atom. The molecule has 5 heteroatoms. The van der Waals surface area contributed by atoms with Crippen molar-refractivity contribution in [3.8, 4) is 0 Å². The van der Waals surface area contributed by atoms with Gasteiger partial charge in [-0.05, 0) is 37.5 Å². The van der Waals surface area contributed by atoms with E-state index in [0.29, 0.717) is 11.2 Å². The molecular formula is C16H26N4O. The Balaban J connectivity index is 1.59. The molecule has 0 atom stereocenters. The van der Waals surface area contributed by atoms with Gasteiger partial charge in [0.25, 0.3) is 5.91 Å². The van der Waals surface area contributed by atoms with Gasteiger partial charge in [0.1, 0.15) is 5.82 Å². The molecule has 5 nitrogen and oxygen atoms in total. The van der Waals surface area contributed by atoms with E-state index < -0.39 is 0 Å². The molecule has 1 aliphatic carbocycles. The zero-order valence-electron chi connectivity index (χ0n) is 13.0. The number of aromatic nitrogens is 3. The Morgan fingerprint density at radius 2 is 1.90 bits per heavy atom. The molecule has 1 aromatic rings. The van der Waals surface area contributed by atoms with Gasteiger partial charge in [-0.15, -0.1) is 5.10 Å². The van der Waals surface area contributed by atoms with Gasteiger partial charge in [-0.25, -0.2) is 4.98 Å². The lowest BCUT2D eigenvalue weighted by Crippen LogP contribution is -2.44. The molecule has 2 fully saturated rings. The summed E-state index contributed by atoms with van der Waals surface area (Å²) in [6.45, 7) is 3.84. The van der Waals surface area contributed by atoms with Gasteiger partial charge in [0.05, 0.1) is 0 Å². The molecule has 1 aromatic heterocycles. The van der Waals surface area contributed by atoms with Crippen LogP contribution in [0.25, 0.3) is 0 Å². The number of piperidine rings is 1. The van der Waals surface area contributed by atoms with Crippen molar-refractivity contribution in [1.29, 1.82) is 0 Å². The predicted octanol–water partition coefficient (Wildman–Crippen LogP) is 2.94. The first kappa shape index (κ1) is 14.5. The summed E-state index contributed by atoms with van der Waals surface area (Å²) in [6.07, 6.45) is 11.0. The van der Waals surface area contributed by atoms with Crippen LogP contribution in [0.5, 0.6) is 0 Å². The highest BCUT2D eigenvalue weighted by molar-refractivity contribution is 5.90. The second-order valence-corrected chi connectivity index (χ2v) is 6.71. The van der Waals surface area contributed by atoms with Gasteiger partial charge in [0, 0.05) is 19.5 Å². The van der Waals surface area contributed by atoms with Crippen LogP contribution in [0.1, 0.15) is 74.7 Å². The lowest BCUT2D eigenvalue weighted by atomic mass is 9.68. The fourth-order valence-corrected chi connectivity index (χ4v) is 3.87. The highest BCUT2D eigenvalue weighted by Gasteiger charge is 2.37. The van der Waals surface area contributed by atoms with Crippen LogP contribution in [-0.2, 0) is 6.42 Å². The van der Waals surface area contributed by atoms with Crippen LogP contribution in [0.15, 0.2) is 0 Å². The number of hydrogen-bond donors (Lipinski definition) is 1. The van der Waals surface area contributed by atoms with Gasteiger partial charge in [-0.3, -0.25) is 9.89 Å². The highest BCUT2D eigenvalue weighted by Crippen LogP contribution is 2.44. The first-order chi connectivity index (χ1) is 10.2. The van der Waals surface area contributed by atoms with Gasteiger partial charge in [0.15, 0.2) is 0 Å². The number of amides is 1. The van der Waals surface area contributed by atoms with Crippen molar-refractivity contribution in [3.63, 3.8) is 0 Å². The number of rotatable bonds is 3.